The summed E-state index contributed by atoms with van der Waals surface area (Å²) in [6, 6.07) is 2.40. The van der Waals surface area contributed by atoms with Gasteiger partial charge in [-0.1, -0.05) is 32.6 Å². The quantitative estimate of drug-likeness (QED) is 0.726. The van der Waals surface area contributed by atoms with Crippen molar-refractivity contribution in [2.75, 3.05) is 13.1 Å². The van der Waals surface area contributed by atoms with E-state index in [9.17, 15) is 0 Å². The van der Waals surface area contributed by atoms with Gasteiger partial charge < -0.3 is 5.32 Å². The predicted molar refractivity (Wildman–Crippen MR) is 69.7 cm³/mol. The largest absolute Gasteiger partial charge is 0.314 e. The highest BCUT2D eigenvalue weighted by Crippen LogP contribution is 2.27. The Bertz CT molecular complexity index is 197. The molecule has 2 unspecified atom stereocenters. The molecule has 2 atom stereocenters. The zero-order valence-electron chi connectivity index (χ0n) is 11.0. The van der Waals surface area contributed by atoms with Crippen LogP contribution in [0, 0.1) is 0 Å². The van der Waals surface area contributed by atoms with Crippen molar-refractivity contribution >= 4 is 0 Å². The molecule has 16 heavy (non-hydrogen) atoms. The van der Waals surface area contributed by atoms with E-state index in [1.54, 1.807) is 0 Å². The Hall–Kier alpha value is -0.0800. The van der Waals surface area contributed by atoms with Crippen molar-refractivity contribution < 1.29 is 0 Å². The molecule has 1 heterocycles. The number of nitrogens with one attached hydrogen (secondary N) is 1. The van der Waals surface area contributed by atoms with Crippen LogP contribution < -0.4 is 5.32 Å². The third-order valence-corrected chi connectivity index (χ3v) is 4.47. The fourth-order valence-corrected chi connectivity index (χ4v) is 3.60. The molecule has 2 heteroatoms. The minimum Gasteiger partial charge on any atom is -0.314 e. The second-order valence-corrected chi connectivity index (χ2v) is 5.66. The van der Waals surface area contributed by atoms with Crippen LogP contribution in [0.2, 0.25) is 0 Å². The molecule has 0 spiro atoms. The van der Waals surface area contributed by atoms with Crippen LogP contribution >= 0.6 is 0 Å². The van der Waals surface area contributed by atoms with Gasteiger partial charge in [-0.25, -0.2) is 0 Å². The molecule has 2 nitrogen and oxygen atoms in total. The smallest absolute Gasteiger partial charge is 0.0224 e. The van der Waals surface area contributed by atoms with Crippen LogP contribution in [0.5, 0.6) is 0 Å². The standard InChI is InChI=1S/C14H28N2/c1-3-13-11-15-10-12(2)16(13)14-8-6-4-5-7-9-14/h12-15H,3-11H2,1-2H3. The highest BCUT2D eigenvalue weighted by atomic mass is 15.3. The molecule has 1 saturated heterocycles. The summed E-state index contributed by atoms with van der Waals surface area (Å²) in [5.41, 5.74) is 0. The topological polar surface area (TPSA) is 15.3 Å². The molecular formula is C14H28N2. The SMILES string of the molecule is CCC1CNCC(C)N1C1CCCCCC1. The number of rotatable bonds is 2. The summed E-state index contributed by atoms with van der Waals surface area (Å²) in [6.45, 7) is 7.14. The summed E-state index contributed by atoms with van der Waals surface area (Å²) < 4.78 is 0. The maximum atomic E-state index is 3.58. The summed E-state index contributed by atoms with van der Waals surface area (Å²) in [4.78, 5) is 2.85. The summed E-state index contributed by atoms with van der Waals surface area (Å²) in [5, 5.41) is 3.58. The predicted octanol–water partition coefficient (Wildman–Crippen LogP) is 2.78. The fraction of sp³-hybridized carbons (Fsp3) is 1.00. The summed E-state index contributed by atoms with van der Waals surface area (Å²) in [7, 11) is 0. The lowest BCUT2D eigenvalue weighted by Gasteiger charge is -2.45. The monoisotopic (exact) mass is 224 g/mol. The van der Waals surface area contributed by atoms with E-state index >= 15 is 0 Å². The highest BCUT2D eigenvalue weighted by molar-refractivity contribution is 4.89. The van der Waals surface area contributed by atoms with Crippen LogP contribution in [0.4, 0.5) is 0 Å². The first-order valence-electron chi connectivity index (χ1n) is 7.31. The molecule has 2 rings (SSSR count). The van der Waals surface area contributed by atoms with Gasteiger partial charge >= 0.3 is 0 Å². The van der Waals surface area contributed by atoms with Crippen LogP contribution in [0.25, 0.3) is 0 Å². The van der Waals surface area contributed by atoms with Gasteiger partial charge in [0, 0.05) is 31.2 Å². The van der Waals surface area contributed by atoms with E-state index in [-0.39, 0.29) is 0 Å². The molecule has 1 N–H and O–H groups in total. The van der Waals surface area contributed by atoms with E-state index in [0.717, 1.165) is 18.1 Å². The van der Waals surface area contributed by atoms with E-state index in [1.807, 2.05) is 0 Å². The van der Waals surface area contributed by atoms with Gasteiger partial charge in [0.1, 0.15) is 0 Å². The zero-order valence-corrected chi connectivity index (χ0v) is 11.0. The average Bonchev–Trinajstić information content (AvgIpc) is 2.57. The second-order valence-electron chi connectivity index (χ2n) is 5.66. The van der Waals surface area contributed by atoms with E-state index in [4.69, 9.17) is 0 Å². The first kappa shape index (κ1) is 12.4. The van der Waals surface area contributed by atoms with E-state index < -0.39 is 0 Å². The van der Waals surface area contributed by atoms with Crippen molar-refractivity contribution in [1.29, 1.82) is 0 Å². The maximum Gasteiger partial charge on any atom is 0.0224 e. The zero-order chi connectivity index (χ0) is 11.4. The Kier molecular flexibility index (Phi) is 4.66. The van der Waals surface area contributed by atoms with Crippen molar-refractivity contribution in [2.24, 2.45) is 0 Å². The molecule has 1 aliphatic heterocycles. The third-order valence-electron chi connectivity index (χ3n) is 4.47. The summed E-state index contributed by atoms with van der Waals surface area (Å²) in [6.07, 6.45) is 10.0. The molecule has 0 bridgehead atoms. The van der Waals surface area contributed by atoms with Crippen molar-refractivity contribution in [3.05, 3.63) is 0 Å². The van der Waals surface area contributed by atoms with Crippen LogP contribution in [0.3, 0.4) is 0 Å². The van der Waals surface area contributed by atoms with Crippen LogP contribution in [-0.2, 0) is 0 Å². The molecule has 0 aromatic rings. The van der Waals surface area contributed by atoms with Gasteiger partial charge in [-0.2, -0.15) is 0 Å². The molecular weight excluding hydrogens is 196 g/mol. The molecule has 0 radical (unpaired) electrons. The molecule has 94 valence electrons. The molecule has 2 aliphatic rings. The van der Waals surface area contributed by atoms with Crippen molar-refractivity contribution in [2.45, 2.75) is 76.9 Å². The third kappa shape index (κ3) is 2.78. The normalized spacial score (nSPS) is 34.9. The van der Waals surface area contributed by atoms with E-state index in [1.165, 1.54) is 58.0 Å². The maximum absolute atomic E-state index is 3.58. The number of hydrogen-bond donors (Lipinski definition) is 1. The second kappa shape index (κ2) is 6.02. The first-order chi connectivity index (χ1) is 7.83. The van der Waals surface area contributed by atoms with Crippen LogP contribution in [0.1, 0.15) is 58.8 Å². The molecule has 1 aliphatic carbocycles. The average molecular weight is 224 g/mol. The van der Waals surface area contributed by atoms with Gasteiger partial charge in [-0.3, -0.25) is 4.90 Å². The summed E-state index contributed by atoms with van der Waals surface area (Å²) in [5.74, 6) is 0. The van der Waals surface area contributed by atoms with Crippen molar-refractivity contribution in [1.82, 2.24) is 10.2 Å². The van der Waals surface area contributed by atoms with Crippen molar-refractivity contribution in [3.63, 3.8) is 0 Å². The summed E-state index contributed by atoms with van der Waals surface area (Å²) >= 11 is 0. The Morgan fingerprint density at radius 1 is 1.06 bits per heavy atom. The minimum atomic E-state index is 0.738. The Morgan fingerprint density at radius 3 is 2.38 bits per heavy atom. The lowest BCUT2D eigenvalue weighted by atomic mass is 9.98. The molecule has 2 fully saturated rings. The van der Waals surface area contributed by atoms with Gasteiger partial charge in [0.2, 0.25) is 0 Å². The van der Waals surface area contributed by atoms with Gasteiger partial charge in [-0.05, 0) is 26.2 Å². The van der Waals surface area contributed by atoms with E-state index in [0.29, 0.717) is 0 Å². The van der Waals surface area contributed by atoms with Gasteiger partial charge in [-0.15, -0.1) is 0 Å². The Labute approximate surface area is 101 Å². The van der Waals surface area contributed by atoms with Crippen molar-refractivity contribution in [3.8, 4) is 0 Å². The van der Waals surface area contributed by atoms with Gasteiger partial charge in [0.05, 0.1) is 0 Å². The molecule has 0 aromatic heterocycles. The number of piperazine rings is 1. The minimum absolute atomic E-state index is 0.738. The molecule has 1 saturated carbocycles. The van der Waals surface area contributed by atoms with Crippen LogP contribution in [0.15, 0.2) is 0 Å². The van der Waals surface area contributed by atoms with Gasteiger partial charge in [0.25, 0.3) is 0 Å². The van der Waals surface area contributed by atoms with Gasteiger partial charge in [0.15, 0.2) is 0 Å². The Balaban J connectivity index is 2.01. The lowest BCUT2D eigenvalue weighted by molar-refractivity contribution is 0.0480. The number of nitrogens with zero attached hydrogens (tertiary/aromatic N) is 1. The Morgan fingerprint density at radius 2 is 1.75 bits per heavy atom. The first-order valence-corrected chi connectivity index (χ1v) is 7.31. The van der Waals surface area contributed by atoms with E-state index in [2.05, 4.69) is 24.1 Å². The molecule has 0 amide bonds. The highest BCUT2D eigenvalue weighted by Gasteiger charge is 2.32. The fourth-order valence-electron chi connectivity index (χ4n) is 3.60. The van der Waals surface area contributed by atoms with Crippen LogP contribution in [-0.4, -0.2) is 36.1 Å². The lowest BCUT2D eigenvalue weighted by Crippen LogP contribution is -2.59. The number of hydrogen-bond acceptors (Lipinski definition) is 2. The molecule has 0 aromatic carbocycles.